The van der Waals surface area contributed by atoms with Gasteiger partial charge >= 0.3 is 0 Å². The van der Waals surface area contributed by atoms with Crippen LogP contribution in [0.1, 0.15) is 141 Å². The highest BCUT2D eigenvalue weighted by atomic mass is 16.3. The summed E-state index contributed by atoms with van der Waals surface area (Å²) in [5.41, 5.74) is 7.25. The van der Waals surface area contributed by atoms with Crippen molar-refractivity contribution in [2.24, 2.45) is 22.2 Å². The Kier molecular flexibility index (Phi) is 7.97. The van der Waals surface area contributed by atoms with Gasteiger partial charge in [-0.3, -0.25) is 9.59 Å². The number of rotatable bonds is 8. The van der Waals surface area contributed by atoms with Crippen molar-refractivity contribution in [3.05, 3.63) is 62.8 Å². The lowest BCUT2D eigenvalue weighted by Crippen LogP contribution is -2.54. The Hall–Kier alpha value is -2.42. The molecule has 1 aromatic rings. The summed E-state index contributed by atoms with van der Waals surface area (Å²) in [6.45, 7) is 26.0. The molecule has 3 nitrogen and oxygen atoms in total. The van der Waals surface area contributed by atoms with Crippen molar-refractivity contribution in [1.82, 2.24) is 0 Å². The van der Waals surface area contributed by atoms with Crippen molar-refractivity contribution in [2.75, 3.05) is 0 Å². The van der Waals surface area contributed by atoms with E-state index in [4.69, 9.17) is 0 Å². The molecule has 0 aromatic heterocycles. The van der Waals surface area contributed by atoms with Gasteiger partial charge in [0, 0.05) is 22.0 Å². The molecule has 3 heteroatoms. The number of hydrogen-bond acceptors (Lipinski definition) is 3. The van der Waals surface area contributed by atoms with Crippen molar-refractivity contribution in [3.63, 3.8) is 0 Å². The number of aryl methyl sites for hydroxylation is 1. The van der Waals surface area contributed by atoms with E-state index in [0.29, 0.717) is 11.5 Å². The molecular formula is C37H52O3. The topological polar surface area (TPSA) is 54.4 Å². The van der Waals surface area contributed by atoms with Gasteiger partial charge < -0.3 is 5.11 Å². The van der Waals surface area contributed by atoms with Crippen LogP contribution in [0.3, 0.4) is 0 Å². The Morgan fingerprint density at radius 3 is 2.27 bits per heavy atom. The van der Waals surface area contributed by atoms with Crippen molar-refractivity contribution in [1.29, 1.82) is 0 Å². The van der Waals surface area contributed by atoms with E-state index in [1.54, 1.807) is 6.92 Å². The van der Waals surface area contributed by atoms with Gasteiger partial charge in [-0.2, -0.15) is 0 Å². The van der Waals surface area contributed by atoms with Crippen LogP contribution in [0, 0.1) is 22.2 Å². The molecule has 40 heavy (non-hydrogen) atoms. The van der Waals surface area contributed by atoms with Crippen LogP contribution in [0.5, 0.6) is 5.75 Å². The molecule has 0 heterocycles. The second-order valence-electron chi connectivity index (χ2n) is 14.4. The summed E-state index contributed by atoms with van der Waals surface area (Å²) in [5.74, 6) is 1.19. The van der Waals surface area contributed by atoms with Crippen LogP contribution in [0.2, 0.25) is 0 Å². The van der Waals surface area contributed by atoms with E-state index in [0.717, 1.165) is 77.5 Å². The summed E-state index contributed by atoms with van der Waals surface area (Å²) in [5, 5.41) is 11.7. The third kappa shape index (κ3) is 4.38. The Morgan fingerprint density at radius 1 is 1.10 bits per heavy atom. The summed E-state index contributed by atoms with van der Waals surface area (Å²) in [7, 11) is 0. The zero-order valence-corrected chi connectivity index (χ0v) is 26.9. The number of fused-ring (bicyclic) bond motifs is 3. The molecule has 0 bridgehead atoms. The molecule has 4 rings (SSSR count). The molecule has 0 fully saturated rings. The van der Waals surface area contributed by atoms with Crippen LogP contribution >= 0.6 is 0 Å². The van der Waals surface area contributed by atoms with Crippen LogP contribution < -0.4 is 0 Å². The zero-order valence-electron chi connectivity index (χ0n) is 26.9. The molecule has 0 spiro atoms. The number of benzene rings is 1. The standard InChI is InChI=1S/C37H52O3/c1-12-26(13-2)15-14-16-27-17-28(21(3)4)29-19-35(9)20-36(10)18-22(5)30(25(8)38)23(6)37(36,11)24(7)32(35)34(40)31(29)33(27)39/h17,21,26,39H,6,12-16,18-20H2,1-5,7-11H3/t35-,36+,37-/m1/s1. The van der Waals surface area contributed by atoms with E-state index in [1.807, 2.05) is 0 Å². The van der Waals surface area contributed by atoms with Gasteiger partial charge in [-0.1, -0.05) is 91.5 Å². The SMILES string of the molecule is C=C1C(C(C)=O)=C(C)C[C@@]2(C)C[C@@]3(C)Cc4c(C(C)C)cc(CCCC(CC)CC)c(O)c4C(=O)C3=C(C)[C@@]12C. The molecule has 1 aromatic carbocycles. The van der Waals surface area contributed by atoms with Crippen molar-refractivity contribution in [3.8, 4) is 5.75 Å². The first kappa shape index (κ1) is 30.5. The van der Waals surface area contributed by atoms with Crippen molar-refractivity contribution < 1.29 is 14.7 Å². The number of Topliss-reactive ketones (excluding diaryl/α,β-unsaturated/α-hetero) is 2. The van der Waals surface area contributed by atoms with E-state index < -0.39 is 5.41 Å². The van der Waals surface area contributed by atoms with Crippen LogP contribution in [0.15, 0.2) is 40.5 Å². The number of aromatic hydroxyl groups is 1. The average Bonchev–Trinajstić information content (AvgIpc) is 2.84. The van der Waals surface area contributed by atoms with Crippen LogP contribution in [-0.2, 0) is 17.6 Å². The minimum atomic E-state index is -0.501. The largest absolute Gasteiger partial charge is 0.507 e. The number of ketones is 2. The molecular weight excluding hydrogens is 492 g/mol. The smallest absolute Gasteiger partial charge is 0.193 e. The second-order valence-corrected chi connectivity index (χ2v) is 14.4. The zero-order chi connectivity index (χ0) is 29.9. The molecule has 218 valence electrons. The predicted octanol–water partition coefficient (Wildman–Crippen LogP) is 9.62. The number of phenolic OH excluding ortho intramolecular Hbond substituents is 1. The fourth-order valence-electron chi connectivity index (χ4n) is 9.13. The maximum Gasteiger partial charge on any atom is 0.193 e. The number of carbonyl (C=O) groups excluding carboxylic acids is 2. The third-order valence-corrected chi connectivity index (χ3v) is 11.4. The summed E-state index contributed by atoms with van der Waals surface area (Å²) < 4.78 is 0. The van der Waals surface area contributed by atoms with E-state index in [9.17, 15) is 14.7 Å². The van der Waals surface area contributed by atoms with Crippen LogP contribution in [0.4, 0.5) is 0 Å². The van der Waals surface area contributed by atoms with Gasteiger partial charge in [0.2, 0.25) is 0 Å². The monoisotopic (exact) mass is 544 g/mol. The van der Waals surface area contributed by atoms with Gasteiger partial charge in [0.15, 0.2) is 11.6 Å². The lowest BCUT2D eigenvalue weighted by molar-refractivity contribution is -0.113. The maximum atomic E-state index is 14.7. The molecule has 3 aliphatic carbocycles. The van der Waals surface area contributed by atoms with Gasteiger partial charge in [-0.05, 0) is 92.4 Å². The summed E-state index contributed by atoms with van der Waals surface area (Å²) in [6.07, 6.45) is 7.70. The summed E-state index contributed by atoms with van der Waals surface area (Å²) in [6, 6.07) is 2.20. The van der Waals surface area contributed by atoms with Gasteiger partial charge in [-0.15, -0.1) is 0 Å². The minimum Gasteiger partial charge on any atom is -0.507 e. The fraction of sp³-hybridized carbons (Fsp3) is 0.622. The molecule has 3 atom stereocenters. The Morgan fingerprint density at radius 2 is 1.73 bits per heavy atom. The average molecular weight is 545 g/mol. The number of allylic oxidation sites excluding steroid dienone is 5. The molecule has 3 aliphatic rings. The van der Waals surface area contributed by atoms with E-state index in [1.165, 1.54) is 18.4 Å². The molecule has 0 saturated carbocycles. The summed E-state index contributed by atoms with van der Waals surface area (Å²) in [4.78, 5) is 27.4. The fourth-order valence-corrected chi connectivity index (χ4v) is 9.13. The molecule has 0 radical (unpaired) electrons. The highest BCUT2D eigenvalue weighted by Gasteiger charge is 2.61. The third-order valence-electron chi connectivity index (χ3n) is 11.4. The Bertz CT molecular complexity index is 1330. The lowest BCUT2D eigenvalue weighted by Gasteiger charge is -2.61. The highest BCUT2D eigenvalue weighted by Crippen LogP contribution is 2.69. The molecule has 0 saturated heterocycles. The van der Waals surface area contributed by atoms with Crippen LogP contribution in [0.25, 0.3) is 0 Å². The molecule has 0 amide bonds. The van der Waals surface area contributed by atoms with Crippen molar-refractivity contribution in [2.45, 2.75) is 127 Å². The summed E-state index contributed by atoms with van der Waals surface area (Å²) >= 11 is 0. The first-order valence-electron chi connectivity index (χ1n) is 15.6. The minimum absolute atomic E-state index is 0.0192. The Labute approximate surface area is 243 Å². The van der Waals surface area contributed by atoms with Gasteiger partial charge in [0.05, 0.1) is 5.56 Å². The number of carbonyl (C=O) groups is 2. The lowest BCUT2D eigenvalue weighted by atomic mass is 9.42. The Balaban J connectivity index is 1.89. The number of phenols is 1. The molecule has 1 N–H and O–H groups in total. The first-order chi connectivity index (χ1) is 18.6. The van der Waals surface area contributed by atoms with Gasteiger partial charge in [0.25, 0.3) is 0 Å². The molecule has 0 aliphatic heterocycles. The maximum absolute atomic E-state index is 14.7. The normalized spacial score (nSPS) is 28.3. The van der Waals surface area contributed by atoms with Crippen molar-refractivity contribution >= 4 is 11.6 Å². The van der Waals surface area contributed by atoms with E-state index >= 15 is 0 Å². The van der Waals surface area contributed by atoms with Gasteiger partial charge in [-0.25, -0.2) is 0 Å². The highest BCUT2D eigenvalue weighted by molar-refractivity contribution is 6.15. The molecule has 0 unspecified atom stereocenters. The van der Waals surface area contributed by atoms with Crippen LogP contribution in [-0.4, -0.2) is 16.7 Å². The second kappa shape index (κ2) is 10.4. The quantitative estimate of drug-likeness (QED) is 0.354. The van der Waals surface area contributed by atoms with E-state index in [2.05, 4.69) is 75.0 Å². The predicted molar refractivity (Wildman–Crippen MR) is 166 cm³/mol. The first-order valence-corrected chi connectivity index (χ1v) is 15.6. The van der Waals surface area contributed by atoms with Gasteiger partial charge in [0.1, 0.15) is 5.75 Å². The number of hydrogen-bond donors (Lipinski definition) is 1. The van der Waals surface area contributed by atoms with E-state index in [-0.39, 0.29) is 34.1 Å².